The number of hydrogen-bond donors (Lipinski definition) is 2. The summed E-state index contributed by atoms with van der Waals surface area (Å²) in [5.41, 5.74) is 2.03. The molecule has 2 aliphatic rings. The Bertz CT molecular complexity index is 1550. The fourth-order valence-electron chi connectivity index (χ4n) is 5.04. The van der Waals surface area contributed by atoms with Crippen LogP contribution in [0.2, 0.25) is 0 Å². The summed E-state index contributed by atoms with van der Waals surface area (Å²) in [6.07, 6.45) is 10.5. The van der Waals surface area contributed by atoms with Crippen LogP contribution in [0.4, 0.5) is 11.5 Å². The quantitative estimate of drug-likeness (QED) is 0.246. The molecule has 10 nitrogen and oxygen atoms in total. The Balaban J connectivity index is 1.29. The van der Waals surface area contributed by atoms with E-state index >= 15 is 0 Å². The molecule has 0 radical (unpaired) electrons. The minimum absolute atomic E-state index is 0.0531. The van der Waals surface area contributed by atoms with Crippen LogP contribution >= 0.6 is 0 Å². The van der Waals surface area contributed by atoms with Gasteiger partial charge in [0, 0.05) is 23.1 Å². The summed E-state index contributed by atoms with van der Waals surface area (Å²) in [6.45, 7) is 6.48. The van der Waals surface area contributed by atoms with E-state index in [-0.39, 0.29) is 30.4 Å². The van der Waals surface area contributed by atoms with Crippen molar-refractivity contribution in [2.45, 2.75) is 77.2 Å². The van der Waals surface area contributed by atoms with Gasteiger partial charge in [0.2, 0.25) is 0 Å². The molecule has 0 bridgehead atoms. The van der Waals surface area contributed by atoms with Crippen LogP contribution in [-0.4, -0.2) is 50.5 Å². The predicted octanol–water partition coefficient (Wildman–Crippen LogP) is 6.16. The first-order valence-electron chi connectivity index (χ1n) is 14.7. The highest BCUT2D eigenvalue weighted by molar-refractivity contribution is 5.93. The topological polar surface area (TPSA) is 112 Å². The summed E-state index contributed by atoms with van der Waals surface area (Å²) >= 11 is 0. The maximum absolute atomic E-state index is 12.3. The Morgan fingerprint density at radius 2 is 1.93 bits per heavy atom. The van der Waals surface area contributed by atoms with Gasteiger partial charge < -0.3 is 24.8 Å². The average Bonchev–Trinajstić information content (AvgIpc) is 3.42. The first kappa shape index (κ1) is 28.0. The number of amides is 1. The number of aromatic nitrogens is 4. The summed E-state index contributed by atoms with van der Waals surface area (Å²) in [7, 11) is 0. The lowest BCUT2D eigenvalue weighted by Gasteiger charge is -2.26. The number of anilines is 2. The normalized spacial score (nSPS) is 17.5. The molecule has 2 aromatic carbocycles. The number of carbonyl (C=O) groups excluding carboxylic acids is 1. The van der Waals surface area contributed by atoms with Gasteiger partial charge in [0.1, 0.15) is 23.5 Å². The molecule has 1 unspecified atom stereocenters. The smallest absolute Gasteiger partial charge is 0.258 e. The number of rotatable bonds is 9. The van der Waals surface area contributed by atoms with Crippen molar-refractivity contribution < 1.29 is 19.0 Å². The largest absolute Gasteiger partial charge is 0.490 e. The molecule has 2 fully saturated rings. The van der Waals surface area contributed by atoms with Gasteiger partial charge in [0.15, 0.2) is 12.4 Å². The summed E-state index contributed by atoms with van der Waals surface area (Å²) in [5.74, 6) is 2.37. The van der Waals surface area contributed by atoms with Crippen LogP contribution in [0.1, 0.15) is 65.5 Å². The van der Waals surface area contributed by atoms with Gasteiger partial charge >= 0.3 is 0 Å². The third-order valence-corrected chi connectivity index (χ3v) is 7.31. The van der Waals surface area contributed by atoms with Crippen molar-refractivity contribution >= 4 is 28.3 Å². The molecule has 220 valence electrons. The molecule has 3 heterocycles. The van der Waals surface area contributed by atoms with Gasteiger partial charge in [-0.05, 0) is 89.6 Å². The number of nitrogens with zero attached hydrogens (tertiary/aromatic N) is 4. The van der Waals surface area contributed by atoms with Crippen LogP contribution in [0.3, 0.4) is 0 Å². The zero-order valence-corrected chi connectivity index (χ0v) is 24.4. The molecule has 4 aromatic rings. The molecule has 6 rings (SSSR count). The fourth-order valence-corrected chi connectivity index (χ4v) is 5.04. The first-order valence-corrected chi connectivity index (χ1v) is 14.7. The van der Waals surface area contributed by atoms with Crippen molar-refractivity contribution in [3.63, 3.8) is 0 Å². The van der Waals surface area contributed by atoms with Crippen LogP contribution in [0.5, 0.6) is 11.5 Å². The molecule has 1 saturated carbocycles. The highest BCUT2D eigenvalue weighted by Gasteiger charge is 2.21. The standard InChI is InChI=1S/C32H38N6O4/c1-32(2,3)37-28(39)20-41-24-11-6-8-21(16-24)30-35-27-14-13-25(42-23-9-7-10-23)17-26(27)31(36-30)34-22-18-33-38(19-22)29-12-4-5-15-40-29/h6,8,11,13-14,16-19,23,29H,4-5,7,9-10,12,15,20H2,1-3H3,(H,37,39)(H,34,35,36). The van der Waals surface area contributed by atoms with Gasteiger partial charge in [-0.25, -0.2) is 14.6 Å². The van der Waals surface area contributed by atoms with E-state index in [1.165, 1.54) is 6.42 Å². The van der Waals surface area contributed by atoms with Crippen molar-refractivity contribution in [2.24, 2.45) is 0 Å². The minimum atomic E-state index is -0.326. The SMILES string of the molecule is CC(C)(C)NC(=O)COc1cccc(-c2nc(Nc3cnn(C4CCCCO4)c3)c3cc(OC4CCC4)ccc3n2)c1. The zero-order chi connectivity index (χ0) is 29.1. The second kappa shape index (κ2) is 12.0. The Kier molecular flexibility index (Phi) is 7.97. The van der Waals surface area contributed by atoms with Crippen LogP contribution in [-0.2, 0) is 9.53 Å². The molecule has 1 aliphatic heterocycles. The summed E-state index contributed by atoms with van der Waals surface area (Å²) in [5, 5.41) is 11.8. The minimum Gasteiger partial charge on any atom is -0.490 e. The van der Waals surface area contributed by atoms with E-state index in [0.717, 1.165) is 66.6 Å². The molecule has 1 saturated heterocycles. The van der Waals surface area contributed by atoms with Gasteiger partial charge in [-0.15, -0.1) is 0 Å². The van der Waals surface area contributed by atoms with Gasteiger partial charge in [-0.3, -0.25) is 4.79 Å². The second-order valence-corrected chi connectivity index (χ2v) is 12.0. The van der Waals surface area contributed by atoms with Crippen molar-refractivity contribution in [1.29, 1.82) is 0 Å². The molecule has 0 spiro atoms. The lowest BCUT2D eigenvalue weighted by molar-refractivity contribution is -0.124. The van der Waals surface area contributed by atoms with Crippen LogP contribution in [0.25, 0.3) is 22.3 Å². The Morgan fingerprint density at radius 3 is 2.69 bits per heavy atom. The molecule has 10 heteroatoms. The van der Waals surface area contributed by atoms with Crippen LogP contribution in [0.15, 0.2) is 54.9 Å². The molecule has 1 atom stereocenters. The molecule has 2 N–H and O–H groups in total. The van der Waals surface area contributed by atoms with E-state index < -0.39 is 0 Å². The number of nitrogens with one attached hydrogen (secondary N) is 2. The maximum atomic E-state index is 12.3. The van der Waals surface area contributed by atoms with E-state index in [4.69, 9.17) is 24.2 Å². The lowest BCUT2D eigenvalue weighted by atomic mass is 9.96. The van der Waals surface area contributed by atoms with E-state index in [1.54, 1.807) is 6.20 Å². The third-order valence-electron chi connectivity index (χ3n) is 7.31. The molecule has 2 aromatic heterocycles. The predicted molar refractivity (Wildman–Crippen MR) is 161 cm³/mol. The molecular weight excluding hydrogens is 532 g/mol. The van der Waals surface area contributed by atoms with Crippen molar-refractivity contribution in [3.8, 4) is 22.9 Å². The molecule has 1 aliphatic carbocycles. The Morgan fingerprint density at radius 1 is 1.05 bits per heavy atom. The molecule has 1 amide bonds. The van der Waals surface area contributed by atoms with Gasteiger partial charge in [0.25, 0.3) is 5.91 Å². The van der Waals surface area contributed by atoms with Crippen molar-refractivity contribution in [1.82, 2.24) is 25.1 Å². The summed E-state index contributed by atoms with van der Waals surface area (Å²) in [6, 6.07) is 13.4. The van der Waals surface area contributed by atoms with Crippen molar-refractivity contribution in [3.05, 3.63) is 54.9 Å². The van der Waals surface area contributed by atoms with E-state index in [9.17, 15) is 4.79 Å². The zero-order valence-electron chi connectivity index (χ0n) is 24.4. The van der Waals surface area contributed by atoms with Crippen LogP contribution in [0, 0.1) is 0 Å². The van der Waals surface area contributed by atoms with E-state index in [2.05, 4.69) is 15.7 Å². The van der Waals surface area contributed by atoms with Gasteiger partial charge in [-0.1, -0.05) is 12.1 Å². The van der Waals surface area contributed by atoms with Gasteiger partial charge in [0.05, 0.1) is 29.7 Å². The molecular formula is C32H38N6O4. The fraction of sp³-hybridized carbons (Fsp3) is 0.438. The third kappa shape index (κ3) is 6.82. The van der Waals surface area contributed by atoms with E-state index in [0.29, 0.717) is 17.4 Å². The van der Waals surface area contributed by atoms with Gasteiger partial charge in [-0.2, -0.15) is 5.10 Å². The Hall–Kier alpha value is -4.18. The lowest BCUT2D eigenvalue weighted by Crippen LogP contribution is -2.43. The number of benzene rings is 2. The summed E-state index contributed by atoms with van der Waals surface area (Å²) in [4.78, 5) is 22.1. The maximum Gasteiger partial charge on any atom is 0.258 e. The Labute approximate surface area is 245 Å². The summed E-state index contributed by atoms with van der Waals surface area (Å²) < 4.78 is 19.8. The number of fused-ring (bicyclic) bond motifs is 1. The first-order chi connectivity index (χ1) is 20.3. The number of ether oxygens (including phenoxy) is 3. The average molecular weight is 571 g/mol. The van der Waals surface area contributed by atoms with Crippen molar-refractivity contribution in [2.75, 3.05) is 18.5 Å². The van der Waals surface area contributed by atoms with E-state index in [1.807, 2.05) is 74.1 Å². The number of hydrogen-bond acceptors (Lipinski definition) is 8. The molecule has 42 heavy (non-hydrogen) atoms. The second-order valence-electron chi connectivity index (χ2n) is 12.0. The number of carbonyl (C=O) groups is 1. The van der Waals surface area contributed by atoms with Crippen LogP contribution < -0.4 is 20.1 Å². The monoisotopic (exact) mass is 570 g/mol. The highest BCUT2D eigenvalue weighted by atomic mass is 16.5. The highest BCUT2D eigenvalue weighted by Crippen LogP contribution is 2.33.